The standard InChI is InChI=1S/C48H70N10O6SSi/c1-12-57-38-16-15-31-22-33(38)35(43(57)34-23-32(26-49-41(34)30(4)63-11)56-20-18-54(9)19-21-56)25-48(5,6)28-64-46(61)39-14-13-17-58(52-66-39)45(60)36(24-40-50-37(31)27-65-40)51-44(59)42(29(2)3)55(10)47(62)53(7)8/h15-16,22-23,26-27,29-30,36,39,42,52H,12-14,17-21,24-25,28,66H2,1-11H3,(H,51,59)/t30-,36-,39-,42-/m0/s1. The van der Waals surface area contributed by atoms with Crippen molar-refractivity contribution in [2.75, 3.05) is 79.5 Å². The number of aromatic nitrogens is 3. The molecule has 6 bridgehead atoms. The second kappa shape index (κ2) is 20.5. The Hall–Kier alpha value is -4.88. The number of pyridine rings is 1. The van der Waals surface area contributed by atoms with Crippen molar-refractivity contribution in [1.29, 1.82) is 0 Å². The number of fused-ring (bicyclic) bond motifs is 7. The number of rotatable bonds is 9. The number of hydrazine groups is 1. The van der Waals surface area contributed by atoms with Crippen LogP contribution in [0.1, 0.15) is 76.8 Å². The number of anilines is 1. The fourth-order valence-corrected chi connectivity index (χ4v) is 12.0. The largest absolute Gasteiger partial charge is 0.465 e. The third-order valence-corrected chi connectivity index (χ3v) is 16.1. The quantitative estimate of drug-likeness (QED) is 0.170. The molecule has 0 radical (unpaired) electrons. The molecule has 2 N–H and O–H groups in total. The first kappa shape index (κ1) is 49.0. The zero-order chi connectivity index (χ0) is 47.6. The van der Waals surface area contributed by atoms with Gasteiger partial charge < -0.3 is 39.0 Å². The van der Waals surface area contributed by atoms with Crippen molar-refractivity contribution in [3.63, 3.8) is 0 Å². The summed E-state index contributed by atoms with van der Waals surface area (Å²) in [5.74, 6) is -1.22. The van der Waals surface area contributed by atoms with Crippen molar-refractivity contribution in [3.8, 4) is 22.5 Å². The summed E-state index contributed by atoms with van der Waals surface area (Å²) < 4.78 is 14.6. The van der Waals surface area contributed by atoms with Gasteiger partial charge in [0.1, 0.15) is 21.8 Å². The summed E-state index contributed by atoms with van der Waals surface area (Å²) in [5.41, 5.74) is 7.13. The first-order chi connectivity index (χ1) is 31.4. The molecule has 358 valence electrons. The maximum absolute atomic E-state index is 14.6. The summed E-state index contributed by atoms with van der Waals surface area (Å²) in [6, 6.07) is 6.65. The molecule has 3 aromatic heterocycles. The number of amides is 4. The van der Waals surface area contributed by atoms with Crippen molar-refractivity contribution in [3.05, 3.63) is 52.1 Å². The smallest absolute Gasteiger partial charge is 0.319 e. The van der Waals surface area contributed by atoms with Gasteiger partial charge in [-0.2, -0.15) is 0 Å². The minimum absolute atomic E-state index is 0.145. The minimum Gasteiger partial charge on any atom is -0.465 e. The number of hydrogen-bond donors (Lipinski definition) is 2. The van der Waals surface area contributed by atoms with Gasteiger partial charge in [-0.25, -0.2) is 9.78 Å². The molecule has 4 aromatic rings. The van der Waals surface area contributed by atoms with E-state index in [4.69, 9.17) is 19.4 Å². The lowest BCUT2D eigenvalue weighted by molar-refractivity contribution is -0.146. The van der Waals surface area contributed by atoms with Gasteiger partial charge in [-0.3, -0.25) is 29.5 Å². The molecule has 7 rings (SSSR count). The zero-order valence-corrected chi connectivity index (χ0v) is 43.0. The molecule has 3 aliphatic rings. The molecule has 0 spiro atoms. The van der Waals surface area contributed by atoms with Crippen molar-refractivity contribution in [2.24, 2.45) is 11.3 Å². The van der Waals surface area contributed by atoms with Crippen LogP contribution in [0.2, 0.25) is 5.54 Å². The average molecular weight is 943 g/mol. The number of nitrogens with zero attached hydrogens (tertiary/aromatic N) is 8. The fraction of sp³-hybridized carbons (Fsp3) is 0.583. The van der Waals surface area contributed by atoms with Gasteiger partial charge in [0, 0.05) is 107 Å². The van der Waals surface area contributed by atoms with Gasteiger partial charge in [-0.05, 0) is 69.8 Å². The third-order valence-electron chi connectivity index (χ3n) is 13.4. The summed E-state index contributed by atoms with van der Waals surface area (Å²) in [7, 11) is 7.40. The molecular weight excluding hydrogens is 873 g/mol. The Morgan fingerprint density at radius 3 is 2.52 bits per heavy atom. The number of cyclic esters (lactones) is 1. The van der Waals surface area contributed by atoms with Gasteiger partial charge in [-0.15, -0.1) is 11.3 Å². The number of urea groups is 1. The molecular formula is C48H70N10O6SSi. The van der Waals surface area contributed by atoms with Gasteiger partial charge in [0.15, 0.2) is 0 Å². The maximum atomic E-state index is 14.6. The molecule has 0 unspecified atom stereocenters. The molecule has 0 aliphatic carbocycles. The maximum Gasteiger partial charge on any atom is 0.319 e. The van der Waals surface area contributed by atoms with E-state index in [9.17, 15) is 19.2 Å². The summed E-state index contributed by atoms with van der Waals surface area (Å²) in [6.07, 6.45) is 3.65. The summed E-state index contributed by atoms with van der Waals surface area (Å²) in [5, 5.41) is 11.8. The summed E-state index contributed by atoms with van der Waals surface area (Å²) in [4.78, 5) is 73.7. The van der Waals surface area contributed by atoms with Crippen LogP contribution < -0.4 is 15.3 Å². The van der Waals surface area contributed by atoms with Crippen LogP contribution in [-0.4, -0.2) is 154 Å². The van der Waals surface area contributed by atoms with Crippen molar-refractivity contribution in [1.82, 2.24) is 44.7 Å². The summed E-state index contributed by atoms with van der Waals surface area (Å²) >= 11 is 1.45. The van der Waals surface area contributed by atoms with E-state index >= 15 is 0 Å². The van der Waals surface area contributed by atoms with Crippen molar-refractivity contribution in [2.45, 2.75) is 97.5 Å². The fourth-order valence-electron chi connectivity index (χ4n) is 9.64. The molecule has 4 amide bonds. The second-order valence-corrected chi connectivity index (χ2v) is 22.3. The van der Waals surface area contributed by atoms with Crippen LogP contribution in [0.4, 0.5) is 10.5 Å². The molecule has 6 heterocycles. The number of piperazine rings is 1. The zero-order valence-electron chi connectivity index (χ0n) is 40.8. The number of thiazole rings is 1. The normalized spacial score (nSPS) is 21.0. The molecule has 2 saturated heterocycles. The highest BCUT2D eigenvalue weighted by Crippen LogP contribution is 2.43. The summed E-state index contributed by atoms with van der Waals surface area (Å²) in [6.45, 7) is 17.3. The highest BCUT2D eigenvalue weighted by Gasteiger charge is 2.37. The number of aryl methyl sites for hydroxylation is 1. The van der Waals surface area contributed by atoms with Gasteiger partial charge in [0.05, 0.1) is 52.2 Å². The van der Waals surface area contributed by atoms with Crippen molar-refractivity contribution >= 4 is 61.4 Å². The lowest BCUT2D eigenvalue weighted by Crippen LogP contribution is -2.59. The van der Waals surface area contributed by atoms with E-state index < -0.39 is 33.1 Å². The Labute approximate surface area is 396 Å². The van der Waals surface area contributed by atoms with Crippen LogP contribution in [0.5, 0.6) is 0 Å². The SMILES string of the molecule is CCn1c(-c2cc(N3CCN(C)CC3)cnc2[C@H](C)OC)c2c3cc(ccc31)-c1csc(n1)C[C@H](NC(=O)[C@H](C(C)C)N(C)C(=O)N(C)C)C(=O)N1CCC[C@H]([SiH2]N1)C(=O)OCC(C)(C)C2. The Morgan fingerprint density at radius 2 is 1.83 bits per heavy atom. The Morgan fingerprint density at radius 1 is 1.09 bits per heavy atom. The van der Waals surface area contributed by atoms with E-state index in [2.05, 4.69) is 76.9 Å². The number of likely N-dealkylation sites (N-methyl/N-ethyl adjacent to an activating group) is 2. The molecule has 18 heteroatoms. The molecule has 16 nitrogen and oxygen atoms in total. The highest BCUT2D eigenvalue weighted by molar-refractivity contribution is 7.10. The minimum atomic E-state index is -1.38. The average Bonchev–Trinajstić information content (AvgIpc) is 3.78. The highest BCUT2D eigenvalue weighted by atomic mass is 32.1. The Kier molecular flexibility index (Phi) is 15.3. The van der Waals surface area contributed by atoms with E-state index in [0.29, 0.717) is 37.4 Å². The predicted octanol–water partition coefficient (Wildman–Crippen LogP) is 5.10. The number of carbonyl (C=O) groups excluding carboxylic acids is 4. The molecule has 4 atom stereocenters. The predicted molar refractivity (Wildman–Crippen MR) is 263 cm³/mol. The van der Waals surface area contributed by atoms with Crippen LogP contribution in [-0.2, 0) is 43.2 Å². The van der Waals surface area contributed by atoms with Gasteiger partial charge in [0.25, 0.3) is 5.91 Å². The molecule has 3 aliphatic heterocycles. The molecule has 1 aromatic carbocycles. The first-order valence-electron chi connectivity index (χ1n) is 23.4. The Balaban J connectivity index is 1.35. The number of carbonyl (C=O) groups is 4. The van der Waals surface area contributed by atoms with E-state index in [1.54, 1.807) is 33.3 Å². The van der Waals surface area contributed by atoms with Crippen LogP contribution in [0, 0.1) is 11.3 Å². The van der Waals surface area contributed by atoms with Gasteiger partial charge in [0.2, 0.25) is 5.91 Å². The van der Waals surface area contributed by atoms with E-state index in [1.165, 1.54) is 21.1 Å². The number of methoxy groups -OCH3 is 1. The van der Waals surface area contributed by atoms with E-state index in [-0.39, 0.29) is 48.5 Å². The second-order valence-electron chi connectivity index (χ2n) is 19.6. The number of esters is 1. The third kappa shape index (κ3) is 10.5. The topological polar surface area (TPSA) is 158 Å². The van der Waals surface area contributed by atoms with Crippen molar-refractivity contribution < 1.29 is 28.7 Å². The van der Waals surface area contributed by atoms with E-state index in [0.717, 1.165) is 76.5 Å². The van der Waals surface area contributed by atoms with Gasteiger partial charge >= 0.3 is 12.0 Å². The molecule has 0 saturated carbocycles. The number of benzene rings is 1. The van der Waals surface area contributed by atoms with Crippen LogP contribution in [0.3, 0.4) is 0 Å². The van der Waals surface area contributed by atoms with Gasteiger partial charge in [-0.1, -0.05) is 33.8 Å². The van der Waals surface area contributed by atoms with E-state index in [1.807, 2.05) is 32.3 Å². The Bertz CT molecular complexity index is 2410. The van der Waals surface area contributed by atoms with Crippen LogP contribution >= 0.6 is 11.3 Å². The first-order valence-corrected chi connectivity index (χ1v) is 25.8. The van der Waals surface area contributed by atoms with Crippen LogP contribution in [0.25, 0.3) is 33.4 Å². The lowest BCUT2D eigenvalue weighted by atomic mass is 9.84. The van der Waals surface area contributed by atoms with Crippen LogP contribution in [0.15, 0.2) is 35.8 Å². The number of ether oxygens (including phenoxy) is 2. The monoisotopic (exact) mass is 942 g/mol. The number of nitrogens with one attached hydrogen (secondary N) is 2. The number of hydrogen-bond acceptors (Lipinski definition) is 12. The lowest BCUT2D eigenvalue weighted by Gasteiger charge is -2.34. The molecule has 2 fully saturated rings. The molecule has 66 heavy (non-hydrogen) atoms.